The van der Waals surface area contributed by atoms with Crippen LogP contribution in [0.3, 0.4) is 0 Å². The average molecular weight is 509 g/mol. The molecule has 194 valence electrons. The van der Waals surface area contributed by atoms with Gasteiger partial charge in [0.1, 0.15) is 12.3 Å². The molecule has 0 saturated carbocycles. The smallest absolute Gasteiger partial charge is 0.265 e. The van der Waals surface area contributed by atoms with Gasteiger partial charge in [0.2, 0.25) is 15.9 Å². The van der Waals surface area contributed by atoms with Gasteiger partial charge in [0.05, 0.1) is 23.8 Å². The van der Waals surface area contributed by atoms with Crippen LogP contribution in [0.25, 0.3) is 0 Å². The Morgan fingerprint density at radius 2 is 1.86 bits per heavy atom. The molecule has 4 rings (SSSR count). The SMILES string of the molecule is C[C@H]1CCC[C@H](C)N1CCCNC(=O)CN1C(=O)COc2ccc(S(=O)(=O)N3CCOCC3)cc21. The zero-order chi connectivity index (χ0) is 25.0. The van der Waals surface area contributed by atoms with Crippen LogP contribution in [0.15, 0.2) is 23.1 Å². The van der Waals surface area contributed by atoms with Crippen LogP contribution in [0.1, 0.15) is 39.5 Å². The number of nitrogens with one attached hydrogen (secondary N) is 1. The number of fused-ring (bicyclic) bond motifs is 1. The van der Waals surface area contributed by atoms with Crippen LogP contribution in [0.2, 0.25) is 0 Å². The number of benzene rings is 1. The maximum absolute atomic E-state index is 13.1. The van der Waals surface area contributed by atoms with Crippen LogP contribution < -0.4 is 15.0 Å². The van der Waals surface area contributed by atoms with Crippen molar-refractivity contribution in [1.29, 1.82) is 0 Å². The highest BCUT2D eigenvalue weighted by Gasteiger charge is 2.32. The predicted octanol–water partition coefficient (Wildman–Crippen LogP) is 1.20. The first-order valence-corrected chi connectivity index (χ1v) is 13.9. The van der Waals surface area contributed by atoms with Crippen molar-refractivity contribution in [3.05, 3.63) is 18.2 Å². The van der Waals surface area contributed by atoms with Gasteiger partial charge in [-0.25, -0.2) is 8.42 Å². The first kappa shape index (κ1) is 25.9. The molecule has 11 heteroatoms. The molecule has 3 heterocycles. The Morgan fingerprint density at radius 3 is 2.57 bits per heavy atom. The van der Waals surface area contributed by atoms with Crippen molar-refractivity contribution >= 4 is 27.5 Å². The normalized spacial score (nSPS) is 24.1. The minimum absolute atomic E-state index is 0.0617. The van der Waals surface area contributed by atoms with Crippen molar-refractivity contribution in [2.24, 2.45) is 0 Å². The fraction of sp³-hybridized carbons (Fsp3) is 0.667. The Bertz CT molecular complexity index is 1020. The summed E-state index contributed by atoms with van der Waals surface area (Å²) in [5.41, 5.74) is 0.293. The Labute approximate surface area is 207 Å². The van der Waals surface area contributed by atoms with Crippen molar-refractivity contribution in [3.63, 3.8) is 0 Å². The van der Waals surface area contributed by atoms with E-state index in [0.29, 0.717) is 43.3 Å². The molecule has 0 radical (unpaired) electrons. The predicted molar refractivity (Wildman–Crippen MR) is 131 cm³/mol. The van der Waals surface area contributed by atoms with E-state index >= 15 is 0 Å². The van der Waals surface area contributed by atoms with Gasteiger partial charge in [-0.1, -0.05) is 6.42 Å². The van der Waals surface area contributed by atoms with Crippen LogP contribution in [0, 0.1) is 0 Å². The van der Waals surface area contributed by atoms with Crippen LogP contribution in [0.4, 0.5) is 5.69 Å². The van der Waals surface area contributed by atoms with Gasteiger partial charge in [-0.05, 0) is 51.3 Å². The number of morpholine rings is 1. The van der Waals surface area contributed by atoms with Gasteiger partial charge < -0.3 is 14.8 Å². The number of piperidine rings is 1. The van der Waals surface area contributed by atoms with Crippen LogP contribution in [0.5, 0.6) is 5.75 Å². The topological polar surface area (TPSA) is 108 Å². The standard InChI is InChI=1S/C24H36N4O6S/c1-18-5-3-6-19(2)27(18)10-4-9-25-23(29)16-28-21-15-20(7-8-22(21)34-17-24(28)30)35(31,32)26-11-13-33-14-12-26/h7-8,15,18-19H,3-6,9-14,16-17H2,1-2H3,(H,25,29)/t18-,19-/m0/s1. The third-order valence-electron chi connectivity index (χ3n) is 7.07. The van der Waals surface area contributed by atoms with Crippen molar-refractivity contribution in [1.82, 2.24) is 14.5 Å². The first-order chi connectivity index (χ1) is 16.8. The molecular formula is C24H36N4O6S. The van der Waals surface area contributed by atoms with Gasteiger partial charge in [-0.3, -0.25) is 19.4 Å². The molecule has 2 saturated heterocycles. The van der Waals surface area contributed by atoms with E-state index in [9.17, 15) is 18.0 Å². The molecule has 0 aromatic heterocycles. The summed E-state index contributed by atoms with van der Waals surface area (Å²) in [7, 11) is -3.75. The second-order valence-electron chi connectivity index (χ2n) is 9.48. The molecule has 3 aliphatic rings. The summed E-state index contributed by atoms with van der Waals surface area (Å²) in [6.45, 7) is 6.79. The van der Waals surface area contributed by atoms with Crippen LogP contribution in [-0.2, 0) is 24.3 Å². The first-order valence-electron chi connectivity index (χ1n) is 12.4. The molecule has 2 fully saturated rings. The number of carbonyl (C=O) groups is 2. The third-order valence-corrected chi connectivity index (χ3v) is 8.97. The molecular weight excluding hydrogens is 472 g/mol. The Hall–Kier alpha value is -2.21. The lowest BCUT2D eigenvalue weighted by atomic mass is 9.97. The fourth-order valence-corrected chi connectivity index (χ4v) is 6.48. The number of likely N-dealkylation sites (tertiary alicyclic amines) is 1. The quantitative estimate of drug-likeness (QED) is 0.526. The molecule has 0 unspecified atom stereocenters. The molecule has 1 aromatic carbocycles. The maximum Gasteiger partial charge on any atom is 0.265 e. The second-order valence-corrected chi connectivity index (χ2v) is 11.4. The van der Waals surface area contributed by atoms with Crippen molar-refractivity contribution in [3.8, 4) is 5.75 Å². The van der Waals surface area contributed by atoms with Gasteiger partial charge in [0, 0.05) is 38.3 Å². The van der Waals surface area contributed by atoms with Gasteiger partial charge in [0.15, 0.2) is 6.61 Å². The van der Waals surface area contributed by atoms with E-state index in [-0.39, 0.29) is 43.0 Å². The summed E-state index contributed by atoms with van der Waals surface area (Å²) in [4.78, 5) is 29.1. The largest absolute Gasteiger partial charge is 0.482 e. The molecule has 3 aliphatic heterocycles. The van der Waals surface area contributed by atoms with E-state index < -0.39 is 10.0 Å². The van der Waals surface area contributed by atoms with E-state index in [1.165, 1.54) is 40.6 Å². The lowest BCUT2D eigenvalue weighted by Gasteiger charge is -2.39. The van der Waals surface area contributed by atoms with Gasteiger partial charge in [0.25, 0.3) is 5.91 Å². The molecule has 0 bridgehead atoms. The average Bonchev–Trinajstić information content (AvgIpc) is 2.85. The second kappa shape index (κ2) is 11.2. The zero-order valence-electron chi connectivity index (χ0n) is 20.6. The van der Waals surface area contributed by atoms with Gasteiger partial charge >= 0.3 is 0 Å². The number of hydrogen-bond donors (Lipinski definition) is 1. The van der Waals surface area contributed by atoms with E-state index in [1.807, 2.05) is 0 Å². The molecule has 35 heavy (non-hydrogen) atoms. The number of nitrogens with zero attached hydrogens (tertiary/aromatic N) is 3. The Kier molecular flexibility index (Phi) is 8.31. The van der Waals surface area contributed by atoms with Crippen LogP contribution >= 0.6 is 0 Å². The summed E-state index contributed by atoms with van der Waals surface area (Å²) < 4.78 is 38.3. The van der Waals surface area contributed by atoms with Crippen LogP contribution in [-0.4, -0.2) is 94.1 Å². The highest BCUT2D eigenvalue weighted by molar-refractivity contribution is 7.89. The maximum atomic E-state index is 13.1. The number of carbonyl (C=O) groups excluding carboxylic acids is 2. The minimum Gasteiger partial charge on any atom is -0.482 e. The van der Waals surface area contributed by atoms with E-state index in [4.69, 9.17) is 9.47 Å². The fourth-order valence-electron chi connectivity index (χ4n) is 5.06. The van der Waals surface area contributed by atoms with Crippen molar-refractivity contribution < 1.29 is 27.5 Å². The van der Waals surface area contributed by atoms with Crippen molar-refractivity contribution in [2.75, 3.05) is 57.4 Å². The molecule has 1 N–H and O–H groups in total. The number of anilines is 1. The minimum atomic E-state index is -3.75. The lowest BCUT2D eigenvalue weighted by molar-refractivity contribution is -0.125. The zero-order valence-corrected chi connectivity index (χ0v) is 21.4. The van der Waals surface area contributed by atoms with Crippen molar-refractivity contribution in [2.45, 2.75) is 56.5 Å². The number of hydrogen-bond acceptors (Lipinski definition) is 7. The third kappa shape index (κ3) is 5.96. The summed E-state index contributed by atoms with van der Waals surface area (Å²) in [5.74, 6) is -0.289. The molecule has 10 nitrogen and oxygen atoms in total. The Balaban J connectivity index is 1.38. The molecule has 0 aliphatic carbocycles. The number of amides is 2. The van der Waals surface area contributed by atoms with E-state index in [2.05, 4.69) is 24.1 Å². The van der Waals surface area contributed by atoms with E-state index in [0.717, 1.165) is 13.0 Å². The molecule has 1 aromatic rings. The van der Waals surface area contributed by atoms with Gasteiger partial charge in [-0.2, -0.15) is 4.31 Å². The monoisotopic (exact) mass is 508 g/mol. The molecule has 0 spiro atoms. The van der Waals surface area contributed by atoms with E-state index in [1.54, 1.807) is 6.07 Å². The van der Waals surface area contributed by atoms with Gasteiger partial charge in [-0.15, -0.1) is 0 Å². The Morgan fingerprint density at radius 1 is 1.14 bits per heavy atom. The number of rotatable bonds is 8. The summed E-state index contributed by atoms with van der Waals surface area (Å²) in [5, 5.41) is 2.91. The molecule has 2 amide bonds. The summed E-state index contributed by atoms with van der Waals surface area (Å²) >= 11 is 0. The number of ether oxygens (including phenoxy) is 2. The molecule has 2 atom stereocenters. The highest BCUT2D eigenvalue weighted by atomic mass is 32.2. The number of sulfonamides is 1. The summed E-state index contributed by atoms with van der Waals surface area (Å²) in [6, 6.07) is 5.55. The summed E-state index contributed by atoms with van der Waals surface area (Å²) in [6.07, 6.45) is 4.51. The lowest BCUT2D eigenvalue weighted by Crippen LogP contribution is -2.46. The highest BCUT2D eigenvalue weighted by Crippen LogP contribution is 2.35.